The molecule has 3 rings (SSSR count). The Morgan fingerprint density at radius 2 is 1.86 bits per heavy atom. The highest BCUT2D eigenvalue weighted by Gasteiger charge is 2.24. The van der Waals surface area contributed by atoms with Crippen molar-refractivity contribution in [2.75, 3.05) is 12.4 Å². The third kappa shape index (κ3) is 4.20. The number of carbonyl (C=O) groups excluding carboxylic acids is 2. The summed E-state index contributed by atoms with van der Waals surface area (Å²) in [4.78, 5) is 35.8. The maximum Gasteiger partial charge on any atom is 0.341 e. The summed E-state index contributed by atoms with van der Waals surface area (Å²) in [7, 11) is 1.27. The van der Waals surface area contributed by atoms with Crippen LogP contribution in [0.2, 0.25) is 0 Å². The lowest BCUT2D eigenvalue weighted by Crippen LogP contribution is -2.16. The number of halogens is 1. The van der Waals surface area contributed by atoms with Crippen molar-refractivity contribution < 1.29 is 19.2 Å². The quantitative estimate of drug-likeness (QED) is 0.301. The first kappa shape index (κ1) is 20.7. The van der Waals surface area contributed by atoms with Crippen molar-refractivity contribution in [2.24, 2.45) is 0 Å². The van der Waals surface area contributed by atoms with Crippen LogP contribution in [-0.2, 0) is 4.74 Å². The summed E-state index contributed by atoms with van der Waals surface area (Å²) < 4.78 is 5.79. The Labute approximate surface area is 178 Å². The second kappa shape index (κ2) is 8.54. The SMILES string of the molecule is COC(=O)c1c(-c2ccc(Br)cc2)csc1NC(=O)c1cccc([N+](=O)[O-])c1C. The fraction of sp³-hybridized carbons (Fsp3) is 0.100. The first-order chi connectivity index (χ1) is 13.8. The number of esters is 1. The summed E-state index contributed by atoms with van der Waals surface area (Å²) in [5.41, 5.74) is 1.91. The zero-order valence-corrected chi connectivity index (χ0v) is 17.8. The molecule has 0 aliphatic rings. The number of rotatable bonds is 5. The lowest BCUT2D eigenvalue weighted by atomic mass is 10.0. The average Bonchev–Trinajstić information content (AvgIpc) is 3.11. The van der Waals surface area contributed by atoms with Gasteiger partial charge in [-0.05, 0) is 30.7 Å². The molecule has 1 aromatic heterocycles. The number of thiophene rings is 1. The number of anilines is 1. The van der Waals surface area contributed by atoms with Crippen LogP contribution >= 0.6 is 27.3 Å². The highest BCUT2D eigenvalue weighted by molar-refractivity contribution is 9.10. The molecule has 0 spiro atoms. The standard InChI is InChI=1S/C20H15BrN2O5S/c1-11-14(4-3-5-16(11)23(26)27)18(24)22-19-17(20(25)28-2)15(10-29-19)12-6-8-13(21)9-7-12/h3-10H,1-2H3,(H,22,24). The van der Waals surface area contributed by atoms with E-state index in [1.165, 1.54) is 43.6 Å². The van der Waals surface area contributed by atoms with E-state index in [1.54, 1.807) is 5.38 Å². The molecule has 0 fully saturated rings. The van der Waals surface area contributed by atoms with E-state index in [2.05, 4.69) is 21.2 Å². The fourth-order valence-corrected chi connectivity index (χ4v) is 4.05. The molecule has 3 aromatic rings. The zero-order chi connectivity index (χ0) is 21.1. The third-order valence-corrected chi connectivity index (χ3v) is 5.73. The molecule has 1 N–H and O–H groups in total. The van der Waals surface area contributed by atoms with Crippen LogP contribution in [0.1, 0.15) is 26.3 Å². The topological polar surface area (TPSA) is 98.5 Å². The summed E-state index contributed by atoms with van der Waals surface area (Å²) in [6.45, 7) is 1.51. The Balaban J connectivity index is 2.01. The van der Waals surface area contributed by atoms with Crippen molar-refractivity contribution in [3.05, 3.63) is 79.1 Å². The van der Waals surface area contributed by atoms with E-state index in [1.807, 2.05) is 24.3 Å². The van der Waals surface area contributed by atoms with Crippen LogP contribution in [-0.4, -0.2) is 23.9 Å². The Morgan fingerprint density at radius 1 is 1.17 bits per heavy atom. The molecule has 148 valence electrons. The molecule has 0 unspecified atom stereocenters. The minimum Gasteiger partial charge on any atom is -0.465 e. The van der Waals surface area contributed by atoms with Gasteiger partial charge in [0.15, 0.2) is 0 Å². The number of carbonyl (C=O) groups is 2. The molecular weight excluding hydrogens is 460 g/mol. The molecule has 0 saturated carbocycles. The van der Waals surface area contributed by atoms with Crippen molar-refractivity contribution in [1.82, 2.24) is 0 Å². The van der Waals surface area contributed by atoms with Crippen molar-refractivity contribution in [3.63, 3.8) is 0 Å². The first-order valence-corrected chi connectivity index (χ1v) is 10.0. The van der Waals surface area contributed by atoms with E-state index in [0.717, 1.165) is 10.0 Å². The van der Waals surface area contributed by atoms with E-state index in [9.17, 15) is 19.7 Å². The number of nitro benzene ring substituents is 1. The van der Waals surface area contributed by atoms with Crippen LogP contribution < -0.4 is 5.32 Å². The molecule has 1 heterocycles. The molecule has 0 radical (unpaired) electrons. The molecule has 0 aliphatic heterocycles. The van der Waals surface area contributed by atoms with Gasteiger partial charge in [-0.15, -0.1) is 11.3 Å². The third-order valence-electron chi connectivity index (χ3n) is 4.31. The van der Waals surface area contributed by atoms with Gasteiger partial charge in [0.05, 0.1) is 12.0 Å². The number of amides is 1. The van der Waals surface area contributed by atoms with E-state index < -0.39 is 16.8 Å². The van der Waals surface area contributed by atoms with Crippen LogP contribution in [0.3, 0.4) is 0 Å². The molecule has 0 atom stereocenters. The number of methoxy groups -OCH3 is 1. The van der Waals surface area contributed by atoms with Gasteiger partial charge in [0, 0.05) is 32.6 Å². The van der Waals surface area contributed by atoms with Crippen LogP contribution in [0.5, 0.6) is 0 Å². The Morgan fingerprint density at radius 3 is 2.48 bits per heavy atom. The summed E-state index contributed by atoms with van der Waals surface area (Å²) in [5, 5.41) is 15.9. The van der Waals surface area contributed by atoms with Crippen LogP contribution in [0, 0.1) is 17.0 Å². The van der Waals surface area contributed by atoms with E-state index in [0.29, 0.717) is 10.6 Å². The summed E-state index contributed by atoms with van der Waals surface area (Å²) >= 11 is 4.55. The van der Waals surface area contributed by atoms with Gasteiger partial charge >= 0.3 is 5.97 Å². The summed E-state index contributed by atoms with van der Waals surface area (Å²) in [6, 6.07) is 11.7. The van der Waals surface area contributed by atoms with Gasteiger partial charge < -0.3 is 10.1 Å². The number of nitrogens with one attached hydrogen (secondary N) is 1. The molecule has 1 amide bonds. The highest BCUT2D eigenvalue weighted by atomic mass is 79.9. The highest BCUT2D eigenvalue weighted by Crippen LogP contribution is 2.37. The second-order valence-corrected chi connectivity index (χ2v) is 7.81. The minimum atomic E-state index is -0.588. The van der Waals surface area contributed by atoms with Gasteiger partial charge in [-0.3, -0.25) is 14.9 Å². The largest absolute Gasteiger partial charge is 0.465 e. The van der Waals surface area contributed by atoms with Gasteiger partial charge in [0.2, 0.25) is 0 Å². The van der Waals surface area contributed by atoms with E-state index in [4.69, 9.17) is 4.74 Å². The number of hydrogen-bond acceptors (Lipinski definition) is 6. The van der Waals surface area contributed by atoms with Crippen molar-refractivity contribution >= 4 is 49.8 Å². The molecule has 29 heavy (non-hydrogen) atoms. The lowest BCUT2D eigenvalue weighted by Gasteiger charge is -2.09. The van der Waals surface area contributed by atoms with Crippen molar-refractivity contribution in [2.45, 2.75) is 6.92 Å². The van der Waals surface area contributed by atoms with Crippen LogP contribution in [0.25, 0.3) is 11.1 Å². The van der Waals surface area contributed by atoms with Gasteiger partial charge in [-0.2, -0.15) is 0 Å². The zero-order valence-electron chi connectivity index (χ0n) is 15.4. The van der Waals surface area contributed by atoms with Crippen molar-refractivity contribution in [3.8, 4) is 11.1 Å². The number of benzene rings is 2. The summed E-state index contributed by atoms with van der Waals surface area (Å²) in [5.74, 6) is -1.13. The second-order valence-electron chi connectivity index (χ2n) is 6.01. The van der Waals surface area contributed by atoms with E-state index >= 15 is 0 Å². The molecular formula is C20H15BrN2O5S. The fourth-order valence-electron chi connectivity index (χ4n) is 2.83. The van der Waals surface area contributed by atoms with E-state index in [-0.39, 0.29) is 22.4 Å². The Bertz CT molecular complexity index is 1110. The smallest absolute Gasteiger partial charge is 0.341 e. The molecule has 9 heteroatoms. The number of ether oxygens (including phenoxy) is 1. The Kier molecular flexibility index (Phi) is 6.09. The molecule has 0 bridgehead atoms. The monoisotopic (exact) mass is 474 g/mol. The first-order valence-electron chi connectivity index (χ1n) is 8.34. The van der Waals surface area contributed by atoms with Gasteiger partial charge in [0.25, 0.3) is 11.6 Å². The lowest BCUT2D eigenvalue weighted by molar-refractivity contribution is -0.385. The predicted octanol–water partition coefficient (Wildman–Crippen LogP) is 5.43. The number of nitrogens with zero attached hydrogens (tertiary/aromatic N) is 1. The maximum atomic E-state index is 12.8. The summed E-state index contributed by atoms with van der Waals surface area (Å²) in [6.07, 6.45) is 0. The minimum absolute atomic E-state index is 0.146. The van der Waals surface area contributed by atoms with Crippen LogP contribution in [0.15, 0.2) is 52.3 Å². The maximum absolute atomic E-state index is 12.8. The van der Waals surface area contributed by atoms with Crippen molar-refractivity contribution in [1.29, 1.82) is 0 Å². The molecule has 7 nitrogen and oxygen atoms in total. The van der Waals surface area contributed by atoms with Crippen LogP contribution in [0.4, 0.5) is 10.7 Å². The average molecular weight is 475 g/mol. The van der Waals surface area contributed by atoms with Gasteiger partial charge in [-0.25, -0.2) is 4.79 Å². The molecule has 2 aromatic carbocycles. The Hall–Kier alpha value is -3.04. The van der Waals surface area contributed by atoms with Gasteiger partial charge in [-0.1, -0.05) is 34.1 Å². The normalized spacial score (nSPS) is 10.4. The van der Waals surface area contributed by atoms with Gasteiger partial charge in [0.1, 0.15) is 10.6 Å². The predicted molar refractivity (Wildman–Crippen MR) is 115 cm³/mol. The molecule has 0 aliphatic carbocycles. The number of nitro groups is 1. The number of hydrogen-bond donors (Lipinski definition) is 1. The molecule has 0 saturated heterocycles.